The summed E-state index contributed by atoms with van der Waals surface area (Å²) in [5.41, 5.74) is 0.174. The minimum absolute atomic E-state index is 0.0252. The Morgan fingerprint density at radius 2 is 2.00 bits per heavy atom. The number of nitro groups is 1. The second kappa shape index (κ2) is 7.06. The first-order valence-corrected chi connectivity index (χ1v) is 8.31. The fourth-order valence-electron chi connectivity index (χ4n) is 2.80. The van der Waals surface area contributed by atoms with Gasteiger partial charge < -0.3 is 9.47 Å². The van der Waals surface area contributed by atoms with Gasteiger partial charge in [0.1, 0.15) is 5.75 Å². The lowest BCUT2D eigenvalue weighted by molar-refractivity contribution is -0.385. The Labute approximate surface area is 156 Å². The molecule has 0 saturated heterocycles. The molecule has 0 radical (unpaired) electrons. The van der Waals surface area contributed by atoms with E-state index in [1.807, 2.05) is 31.2 Å². The summed E-state index contributed by atoms with van der Waals surface area (Å²) < 4.78 is 11.6. The molecule has 8 heteroatoms. The highest BCUT2D eigenvalue weighted by Crippen LogP contribution is 2.36. The molecule has 2 aromatic rings. The second-order valence-corrected chi connectivity index (χ2v) is 6.32. The van der Waals surface area contributed by atoms with Crippen molar-refractivity contribution in [3.8, 4) is 5.75 Å². The van der Waals surface area contributed by atoms with Crippen LogP contribution in [0.3, 0.4) is 0 Å². The summed E-state index contributed by atoms with van der Waals surface area (Å²) in [7, 11) is 0. The molecule has 0 N–H and O–H groups in total. The fraction of sp³-hybridized carbons (Fsp3) is 0.263. The summed E-state index contributed by atoms with van der Waals surface area (Å²) in [5.74, 6) is 0.499. The molecule has 0 spiro atoms. The van der Waals surface area contributed by atoms with Crippen LogP contribution in [0, 0.1) is 17.0 Å². The number of benzene rings is 2. The van der Waals surface area contributed by atoms with E-state index in [1.54, 1.807) is 19.1 Å². The lowest BCUT2D eigenvalue weighted by atomic mass is 10.0. The molecule has 3 rings (SSSR count). The molecule has 1 heterocycles. The van der Waals surface area contributed by atoms with Crippen molar-refractivity contribution in [2.24, 2.45) is 5.10 Å². The van der Waals surface area contributed by atoms with Gasteiger partial charge in [0.05, 0.1) is 4.92 Å². The summed E-state index contributed by atoms with van der Waals surface area (Å²) in [6.45, 7) is 4.99. The van der Waals surface area contributed by atoms with Crippen molar-refractivity contribution >= 4 is 17.5 Å². The maximum atomic E-state index is 12.1. The average molecular weight is 369 g/mol. The van der Waals surface area contributed by atoms with Crippen molar-refractivity contribution in [1.29, 1.82) is 0 Å². The first-order chi connectivity index (χ1) is 12.8. The molecule has 0 bridgehead atoms. The van der Waals surface area contributed by atoms with Gasteiger partial charge in [-0.25, -0.2) is 0 Å². The zero-order valence-electron chi connectivity index (χ0n) is 15.2. The quantitative estimate of drug-likeness (QED) is 0.595. The number of non-ortho nitro benzene ring substituents is 1. The van der Waals surface area contributed by atoms with Crippen molar-refractivity contribution in [3.63, 3.8) is 0 Å². The van der Waals surface area contributed by atoms with Crippen LogP contribution in [0.5, 0.6) is 5.75 Å². The largest absolute Gasteiger partial charge is 0.484 e. The molecule has 1 amide bonds. The van der Waals surface area contributed by atoms with E-state index in [1.165, 1.54) is 24.1 Å². The topological polar surface area (TPSA) is 94.3 Å². The number of rotatable bonds is 5. The maximum absolute atomic E-state index is 12.1. The van der Waals surface area contributed by atoms with Crippen LogP contribution in [0.25, 0.3) is 0 Å². The summed E-state index contributed by atoms with van der Waals surface area (Å²) in [4.78, 5) is 22.6. The standard InChI is InChI=1S/C19H19N3O5/c1-13-7-9-17(10-8-13)26-12-18-20-21(14(2)23)19(3,27-18)15-5-4-6-16(11-15)22(24)25/h4-11H,12H2,1-3H3/t19-/m0/s1. The molecule has 0 saturated carbocycles. The van der Waals surface area contributed by atoms with Crippen molar-refractivity contribution in [1.82, 2.24) is 5.01 Å². The van der Waals surface area contributed by atoms with Gasteiger partial charge in [0, 0.05) is 31.5 Å². The predicted octanol–water partition coefficient (Wildman–Crippen LogP) is 3.35. The number of amides is 1. The second-order valence-electron chi connectivity index (χ2n) is 6.32. The van der Waals surface area contributed by atoms with Gasteiger partial charge in [-0.05, 0) is 19.1 Å². The van der Waals surface area contributed by atoms with Crippen LogP contribution < -0.4 is 4.74 Å². The number of ether oxygens (including phenoxy) is 2. The van der Waals surface area contributed by atoms with Crippen molar-refractivity contribution < 1.29 is 19.2 Å². The molecular formula is C19H19N3O5. The van der Waals surface area contributed by atoms with E-state index in [9.17, 15) is 14.9 Å². The van der Waals surface area contributed by atoms with Crippen LogP contribution >= 0.6 is 0 Å². The third kappa shape index (κ3) is 3.74. The summed E-state index contributed by atoms with van der Waals surface area (Å²) >= 11 is 0. The highest BCUT2D eigenvalue weighted by atomic mass is 16.6. The third-order valence-electron chi connectivity index (χ3n) is 4.21. The first kappa shape index (κ1) is 18.4. The Kier molecular flexibility index (Phi) is 4.81. The molecule has 140 valence electrons. The van der Waals surface area contributed by atoms with Gasteiger partial charge in [0.25, 0.3) is 5.69 Å². The van der Waals surface area contributed by atoms with Crippen LogP contribution in [0.4, 0.5) is 5.69 Å². The highest BCUT2D eigenvalue weighted by Gasteiger charge is 2.45. The van der Waals surface area contributed by atoms with Gasteiger partial charge >= 0.3 is 0 Å². The van der Waals surface area contributed by atoms with E-state index in [-0.39, 0.29) is 24.1 Å². The number of aryl methyl sites for hydroxylation is 1. The SMILES string of the molecule is CC(=O)N1N=C(COc2ccc(C)cc2)O[C@@]1(C)c1cccc([N+](=O)[O-])c1. The molecule has 0 fully saturated rings. The van der Waals surface area contributed by atoms with E-state index < -0.39 is 10.6 Å². The van der Waals surface area contributed by atoms with E-state index in [0.717, 1.165) is 5.56 Å². The lowest BCUT2D eigenvalue weighted by Gasteiger charge is -2.30. The Bertz CT molecular complexity index is 910. The Balaban J connectivity index is 1.82. The van der Waals surface area contributed by atoms with Gasteiger partial charge in [-0.3, -0.25) is 14.9 Å². The molecule has 1 atom stereocenters. The predicted molar refractivity (Wildman–Crippen MR) is 98.2 cm³/mol. The Morgan fingerprint density at radius 1 is 1.30 bits per heavy atom. The van der Waals surface area contributed by atoms with Gasteiger partial charge in [-0.1, -0.05) is 29.8 Å². The number of hydrogen-bond acceptors (Lipinski definition) is 6. The molecule has 8 nitrogen and oxygen atoms in total. The number of hydrogen-bond donors (Lipinski definition) is 0. The molecule has 0 unspecified atom stereocenters. The molecule has 1 aliphatic rings. The minimum atomic E-state index is -1.29. The molecule has 0 aromatic heterocycles. The van der Waals surface area contributed by atoms with E-state index in [4.69, 9.17) is 9.47 Å². The minimum Gasteiger partial charge on any atom is -0.484 e. The smallest absolute Gasteiger partial charge is 0.269 e. The van der Waals surface area contributed by atoms with Crippen LogP contribution in [0.15, 0.2) is 53.6 Å². The number of hydrazone groups is 1. The summed E-state index contributed by atoms with van der Waals surface area (Å²) in [6.07, 6.45) is 0. The Hall–Kier alpha value is -3.42. The van der Waals surface area contributed by atoms with Gasteiger partial charge in [0.2, 0.25) is 17.5 Å². The summed E-state index contributed by atoms with van der Waals surface area (Å²) in [6, 6.07) is 13.4. The highest BCUT2D eigenvalue weighted by molar-refractivity contribution is 5.84. The molecule has 0 aliphatic carbocycles. The van der Waals surface area contributed by atoms with Gasteiger partial charge in [0.15, 0.2) is 6.61 Å². The zero-order chi connectivity index (χ0) is 19.6. The average Bonchev–Trinajstić information content (AvgIpc) is 3.00. The molecule has 27 heavy (non-hydrogen) atoms. The molecule has 2 aromatic carbocycles. The van der Waals surface area contributed by atoms with E-state index in [2.05, 4.69) is 5.10 Å². The fourth-order valence-corrected chi connectivity index (χ4v) is 2.80. The first-order valence-electron chi connectivity index (χ1n) is 8.31. The van der Waals surface area contributed by atoms with Crippen molar-refractivity contribution in [2.45, 2.75) is 26.5 Å². The van der Waals surface area contributed by atoms with Crippen LogP contribution in [0.2, 0.25) is 0 Å². The van der Waals surface area contributed by atoms with Crippen LogP contribution in [0.1, 0.15) is 25.0 Å². The number of nitro benzene ring substituents is 1. The molecular weight excluding hydrogens is 350 g/mol. The van der Waals surface area contributed by atoms with Gasteiger partial charge in [-0.15, -0.1) is 5.10 Å². The van der Waals surface area contributed by atoms with E-state index in [0.29, 0.717) is 11.3 Å². The van der Waals surface area contributed by atoms with Crippen molar-refractivity contribution in [3.05, 3.63) is 69.8 Å². The van der Waals surface area contributed by atoms with E-state index >= 15 is 0 Å². The summed E-state index contributed by atoms with van der Waals surface area (Å²) in [5, 5.41) is 16.4. The maximum Gasteiger partial charge on any atom is 0.269 e. The van der Waals surface area contributed by atoms with Crippen LogP contribution in [-0.4, -0.2) is 28.3 Å². The number of carbonyl (C=O) groups is 1. The van der Waals surface area contributed by atoms with Crippen molar-refractivity contribution in [2.75, 3.05) is 6.61 Å². The molecule has 1 aliphatic heterocycles. The van der Waals surface area contributed by atoms with Gasteiger partial charge in [-0.2, -0.15) is 5.01 Å². The number of carbonyl (C=O) groups excluding carboxylic acids is 1. The Morgan fingerprint density at radius 3 is 2.63 bits per heavy atom. The zero-order valence-corrected chi connectivity index (χ0v) is 15.2. The third-order valence-corrected chi connectivity index (χ3v) is 4.21. The monoisotopic (exact) mass is 369 g/mol. The normalized spacial score (nSPS) is 18.6. The van der Waals surface area contributed by atoms with Crippen LogP contribution in [-0.2, 0) is 15.3 Å². The lowest BCUT2D eigenvalue weighted by Crippen LogP contribution is -2.41. The number of nitrogens with zero attached hydrogens (tertiary/aromatic N) is 3.